The maximum Gasteiger partial charge on any atom is 0.271 e. The lowest BCUT2D eigenvalue weighted by atomic mass is 10.4. The predicted molar refractivity (Wildman–Crippen MR) is 72.4 cm³/mol. The predicted octanol–water partition coefficient (Wildman–Crippen LogP) is 1.40. The zero-order chi connectivity index (χ0) is 12.5. The van der Waals surface area contributed by atoms with Crippen LogP contribution in [0.2, 0.25) is 0 Å². The molecule has 0 saturated heterocycles. The van der Waals surface area contributed by atoms with E-state index in [1.165, 1.54) is 22.9 Å². The number of aromatic nitrogens is 4. The van der Waals surface area contributed by atoms with Crippen LogP contribution in [0.4, 0.5) is 5.00 Å². The maximum absolute atomic E-state index is 12.2. The fourth-order valence-corrected chi connectivity index (χ4v) is 2.97. The second-order valence-corrected chi connectivity index (χ2v) is 5.28. The van der Waals surface area contributed by atoms with Gasteiger partial charge in [-0.2, -0.15) is 0 Å². The molecule has 3 heterocycles. The fourth-order valence-electron chi connectivity index (χ4n) is 1.65. The first-order valence-corrected chi connectivity index (χ1v) is 6.86. The molecule has 3 aromatic heterocycles. The summed E-state index contributed by atoms with van der Waals surface area (Å²) in [6.45, 7) is 0.381. The van der Waals surface area contributed by atoms with Gasteiger partial charge in [0.15, 0.2) is 0 Å². The monoisotopic (exact) mass is 279 g/mol. The second kappa shape index (κ2) is 4.46. The third kappa shape index (κ3) is 1.79. The van der Waals surface area contributed by atoms with Gasteiger partial charge in [-0.25, -0.2) is 4.98 Å². The average Bonchev–Trinajstić information content (AvgIpc) is 3.01. The van der Waals surface area contributed by atoms with E-state index in [2.05, 4.69) is 19.9 Å². The van der Waals surface area contributed by atoms with Crippen LogP contribution in [0.25, 0.3) is 10.2 Å². The molecule has 3 rings (SSSR count). The van der Waals surface area contributed by atoms with Crippen LogP contribution in [0.3, 0.4) is 0 Å². The van der Waals surface area contributed by atoms with Crippen molar-refractivity contribution < 1.29 is 0 Å². The second-order valence-electron chi connectivity index (χ2n) is 3.61. The Balaban J connectivity index is 2.05. The topological polar surface area (TPSA) is 72.7 Å². The molecule has 1 N–H and O–H groups in total. The van der Waals surface area contributed by atoms with Crippen molar-refractivity contribution in [2.45, 2.75) is 6.54 Å². The number of nitrogens with one attached hydrogen (secondary N) is 1. The number of hydrogen-bond acceptors (Lipinski definition) is 7. The summed E-state index contributed by atoms with van der Waals surface area (Å²) in [4.78, 5) is 16.4. The van der Waals surface area contributed by atoms with Crippen LogP contribution in [0.5, 0.6) is 0 Å². The summed E-state index contributed by atoms with van der Waals surface area (Å²) in [5.41, 5.74) is 1.46. The standard InChI is InChI=1S/C10H9N5OS2/c1-11-9-7(13-14-18-9)4-15-5-12-6-2-3-17-8(6)10(15)16/h2-3,5,11H,4H2,1H3. The van der Waals surface area contributed by atoms with E-state index in [0.29, 0.717) is 11.2 Å². The summed E-state index contributed by atoms with van der Waals surface area (Å²) in [6, 6.07) is 1.84. The molecule has 0 aliphatic carbocycles. The van der Waals surface area contributed by atoms with Crippen LogP contribution in [-0.2, 0) is 6.54 Å². The van der Waals surface area contributed by atoms with Crippen LogP contribution in [0, 0.1) is 0 Å². The smallest absolute Gasteiger partial charge is 0.271 e. The molecule has 0 radical (unpaired) electrons. The molecule has 8 heteroatoms. The zero-order valence-corrected chi connectivity index (χ0v) is 11.1. The summed E-state index contributed by atoms with van der Waals surface area (Å²) in [5.74, 6) is 0. The van der Waals surface area contributed by atoms with Gasteiger partial charge in [0.05, 0.1) is 18.4 Å². The summed E-state index contributed by atoms with van der Waals surface area (Å²) < 4.78 is 6.09. The van der Waals surface area contributed by atoms with Crippen LogP contribution in [0.15, 0.2) is 22.6 Å². The average molecular weight is 279 g/mol. The first-order chi connectivity index (χ1) is 8.79. The molecule has 0 saturated carbocycles. The Morgan fingerprint density at radius 1 is 1.50 bits per heavy atom. The number of hydrogen-bond donors (Lipinski definition) is 1. The molecular formula is C10H9N5OS2. The number of anilines is 1. The first-order valence-electron chi connectivity index (χ1n) is 5.21. The Morgan fingerprint density at radius 3 is 3.22 bits per heavy atom. The molecule has 18 heavy (non-hydrogen) atoms. The van der Waals surface area contributed by atoms with E-state index in [-0.39, 0.29) is 5.56 Å². The number of rotatable bonds is 3. The van der Waals surface area contributed by atoms with E-state index in [9.17, 15) is 4.79 Å². The molecule has 0 fully saturated rings. The Kier molecular flexibility index (Phi) is 2.80. The van der Waals surface area contributed by atoms with Gasteiger partial charge in [0.1, 0.15) is 15.4 Å². The molecule has 0 aliphatic heterocycles. The van der Waals surface area contributed by atoms with E-state index in [1.807, 2.05) is 18.5 Å². The van der Waals surface area contributed by atoms with E-state index in [4.69, 9.17) is 0 Å². The fraction of sp³-hybridized carbons (Fsp3) is 0.200. The summed E-state index contributed by atoms with van der Waals surface area (Å²) in [7, 11) is 1.81. The van der Waals surface area contributed by atoms with Crippen molar-refractivity contribution in [1.82, 2.24) is 19.1 Å². The SMILES string of the molecule is CNc1snnc1Cn1cnc2ccsc2c1=O. The van der Waals surface area contributed by atoms with Gasteiger partial charge in [0.25, 0.3) is 5.56 Å². The Hall–Kier alpha value is -1.80. The van der Waals surface area contributed by atoms with E-state index < -0.39 is 0 Å². The molecule has 0 spiro atoms. The minimum atomic E-state index is -0.0370. The lowest BCUT2D eigenvalue weighted by Crippen LogP contribution is -2.20. The highest BCUT2D eigenvalue weighted by atomic mass is 32.1. The zero-order valence-electron chi connectivity index (χ0n) is 9.45. The quantitative estimate of drug-likeness (QED) is 0.784. The lowest BCUT2D eigenvalue weighted by Gasteiger charge is -2.03. The van der Waals surface area contributed by atoms with Gasteiger partial charge in [0, 0.05) is 18.6 Å². The molecule has 3 aromatic rings. The Labute approximate surface area is 110 Å². The number of nitrogens with zero attached hydrogens (tertiary/aromatic N) is 4. The van der Waals surface area contributed by atoms with Crippen molar-refractivity contribution in [3.63, 3.8) is 0 Å². The highest BCUT2D eigenvalue weighted by Gasteiger charge is 2.10. The molecule has 6 nitrogen and oxygen atoms in total. The first kappa shape index (κ1) is 11.3. The minimum absolute atomic E-state index is 0.0370. The van der Waals surface area contributed by atoms with Gasteiger partial charge >= 0.3 is 0 Å². The van der Waals surface area contributed by atoms with Crippen molar-refractivity contribution >= 4 is 38.1 Å². The molecule has 0 amide bonds. The van der Waals surface area contributed by atoms with Gasteiger partial charge in [-0.15, -0.1) is 16.4 Å². The molecular weight excluding hydrogens is 270 g/mol. The minimum Gasteiger partial charge on any atom is -0.377 e. The molecule has 0 aromatic carbocycles. The van der Waals surface area contributed by atoms with Crippen molar-refractivity contribution in [2.75, 3.05) is 12.4 Å². The van der Waals surface area contributed by atoms with Crippen molar-refractivity contribution in [3.8, 4) is 0 Å². The normalized spacial score (nSPS) is 10.9. The van der Waals surface area contributed by atoms with Crippen molar-refractivity contribution in [1.29, 1.82) is 0 Å². The maximum atomic E-state index is 12.2. The van der Waals surface area contributed by atoms with Gasteiger partial charge in [-0.1, -0.05) is 4.49 Å². The highest BCUT2D eigenvalue weighted by molar-refractivity contribution is 7.17. The van der Waals surface area contributed by atoms with E-state index in [1.54, 1.807) is 10.9 Å². The van der Waals surface area contributed by atoms with Crippen LogP contribution < -0.4 is 10.9 Å². The van der Waals surface area contributed by atoms with E-state index >= 15 is 0 Å². The van der Waals surface area contributed by atoms with Crippen molar-refractivity contribution in [2.24, 2.45) is 0 Å². The highest BCUT2D eigenvalue weighted by Crippen LogP contribution is 2.18. The lowest BCUT2D eigenvalue weighted by molar-refractivity contribution is 0.728. The van der Waals surface area contributed by atoms with Gasteiger partial charge in [-0.05, 0) is 11.4 Å². The Bertz CT molecular complexity index is 744. The number of fused-ring (bicyclic) bond motifs is 1. The molecule has 92 valence electrons. The van der Waals surface area contributed by atoms with E-state index in [0.717, 1.165) is 16.2 Å². The van der Waals surface area contributed by atoms with Crippen LogP contribution in [-0.4, -0.2) is 26.2 Å². The van der Waals surface area contributed by atoms with Crippen molar-refractivity contribution in [3.05, 3.63) is 33.8 Å². The third-order valence-corrected chi connectivity index (χ3v) is 4.22. The van der Waals surface area contributed by atoms with Crippen LogP contribution >= 0.6 is 22.9 Å². The van der Waals surface area contributed by atoms with Gasteiger partial charge in [-0.3, -0.25) is 9.36 Å². The molecule has 0 aliphatic rings. The van der Waals surface area contributed by atoms with Gasteiger partial charge < -0.3 is 5.32 Å². The van der Waals surface area contributed by atoms with Crippen LogP contribution in [0.1, 0.15) is 5.69 Å². The summed E-state index contributed by atoms with van der Waals surface area (Å²) in [5, 5.41) is 9.76. The molecule has 0 bridgehead atoms. The largest absolute Gasteiger partial charge is 0.377 e. The molecule has 0 unspecified atom stereocenters. The summed E-state index contributed by atoms with van der Waals surface area (Å²) >= 11 is 2.68. The molecule has 0 atom stereocenters. The number of thiophene rings is 1. The Morgan fingerprint density at radius 2 is 2.39 bits per heavy atom. The third-order valence-electron chi connectivity index (χ3n) is 2.54. The summed E-state index contributed by atoms with van der Waals surface area (Å²) in [6.07, 6.45) is 1.55. The van der Waals surface area contributed by atoms with Gasteiger partial charge in [0.2, 0.25) is 0 Å².